The highest BCUT2D eigenvalue weighted by Gasteiger charge is 2.89. The average molecular weight is 316 g/mol. The Bertz CT molecular complexity index is 616. The van der Waals surface area contributed by atoms with E-state index in [9.17, 15) is 4.79 Å². The number of hydrogen-bond acceptors (Lipinski definition) is 3. The van der Waals surface area contributed by atoms with Crippen LogP contribution < -0.4 is 0 Å². The van der Waals surface area contributed by atoms with Gasteiger partial charge < -0.3 is 9.47 Å². The predicted octanol–water partition coefficient (Wildman–Crippen LogP) is 3.70. The molecule has 7 rings (SSSR count). The van der Waals surface area contributed by atoms with Crippen molar-refractivity contribution in [2.75, 3.05) is 7.11 Å². The molecule has 3 nitrogen and oxygen atoms in total. The van der Waals surface area contributed by atoms with Gasteiger partial charge in [-0.15, -0.1) is 0 Å². The van der Waals surface area contributed by atoms with E-state index in [1.54, 1.807) is 0 Å². The summed E-state index contributed by atoms with van der Waals surface area (Å²) in [5, 5.41) is 0. The van der Waals surface area contributed by atoms with E-state index < -0.39 is 0 Å². The van der Waals surface area contributed by atoms with Crippen molar-refractivity contribution in [3.63, 3.8) is 0 Å². The van der Waals surface area contributed by atoms with Crippen molar-refractivity contribution in [1.29, 1.82) is 0 Å². The second-order valence-corrected chi connectivity index (χ2v) is 9.82. The minimum absolute atomic E-state index is 0.0120. The molecule has 2 aliphatic heterocycles. The van der Waals surface area contributed by atoms with Gasteiger partial charge in [-0.1, -0.05) is 6.92 Å². The van der Waals surface area contributed by atoms with Crippen LogP contribution in [0.5, 0.6) is 0 Å². The van der Waals surface area contributed by atoms with E-state index in [2.05, 4.69) is 6.92 Å². The summed E-state index contributed by atoms with van der Waals surface area (Å²) in [6.07, 6.45) is 11.1. The monoisotopic (exact) mass is 316 g/mol. The number of Topliss-reactive ketones (excluding diaryl/α,β-unsaturated/α-hetero) is 1. The first kappa shape index (κ1) is 13.8. The molecule has 0 amide bonds. The predicted molar refractivity (Wildman–Crippen MR) is 84.6 cm³/mol. The largest absolute Gasteiger partial charge is 0.353 e. The molecule has 0 N–H and O–H groups in total. The van der Waals surface area contributed by atoms with Crippen molar-refractivity contribution in [3.8, 4) is 0 Å². The van der Waals surface area contributed by atoms with Crippen LogP contribution >= 0.6 is 0 Å². The summed E-state index contributed by atoms with van der Waals surface area (Å²) in [6, 6.07) is 0. The van der Waals surface area contributed by atoms with Crippen molar-refractivity contribution in [2.24, 2.45) is 34.0 Å². The lowest BCUT2D eigenvalue weighted by Crippen LogP contribution is -2.53. The van der Waals surface area contributed by atoms with Crippen LogP contribution in [0.15, 0.2) is 0 Å². The van der Waals surface area contributed by atoms with E-state index in [-0.39, 0.29) is 11.2 Å². The molecule has 0 unspecified atom stereocenters. The van der Waals surface area contributed by atoms with Gasteiger partial charge >= 0.3 is 0 Å². The van der Waals surface area contributed by atoms with Crippen LogP contribution in [0.1, 0.15) is 64.7 Å². The topological polar surface area (TPSA) is 35.5 Å². The Labute approximate surface area is 138 Å². The molecule has 0 aromatic carbocycles. The maximum atomic E-state index is 12.5. The molecule has 2 saturated heterocycles. The Morgan fingerprint density at radius 3 is 2.78 bits per heavy atom. The Hall–Kier alpha value is -0.410. The van der Waals surface area contributed by atoms with Crippen LogP contribution in [0, 0.1) is 34.0 Å². The van der Waals surface area contributed by atoms with Gasteiger partial charge in [0, 0.05) is 42.6 Å². The second kappa shape index (κ2) is 3.72. The highest BCUT2D eigenvalue weighted by atomic mass is 16.7. The van der Waals surface area contributed by atoms with Gasteiger partial charge in [0.25, 0.3) is 0 Å². The molecule has 23 heavy (non-hydrogen) atoms. The lowest BCUT2D eigenvalue weighted by atomic mass is 9.50. The molecule has 5 saturated carbocycles. The molecule has 0 radical (unpaired) electrons. The second-order valence-electron chi connectivity index (χ2n) is 9.82. The van der Waals surface area contributed by atoms with E-state index in [4.69, 9.17) is 9.47 Å². The van der Waals surface area contributed by atoms with Gasteiger partial charge in [-0.3, -0.25) is 4.79 Å². The smallest absolute Gasteiger partial charge is 0.169 e. The molecular weight excluding hydrogens is 288 g/mol. The summed E-state index contributed by atoms with van der Waals surface area (Å²) in [5.41, 5.74) is 0.917. The molecule has 8 atom stereocenters. The third-order valence-corrected chi connectivity index (χ3v) is 9.75. The van der Waals surface area contributed by atoms with Crippen molar-refractivity contribution in [2.45, 2.75) is 76.6 Å². The van der Waals surface area contributed by atoms with E-state index in [1.165, 1.54) is 25.7 Å². The molecule has 7 aliphatic rings. The molecule has 5 aliphatic carbocycles. The number of methoxy groups -OCH3 is 1. The zero-order valence-corrected chi connectivity index (χ0v) is 14.4. The first-order valence-electron chi connectivity index (χ1n) is 9.78. The first-order valence-corrected chi connectivity index (χ1v) is 9.78. The summed E-state index contributed by atoms with van der Waals surface area (Å²) < 4.78 is 12.3. The van der Waals surface area contributed by atoms with Crippen molar-refractivity contribution < 1.29 is 14.3 Å². The standard InChI is InChI=1S/C20H28O3/c1-17-7-6-14-12(13(17)3-4-15(17)21)5-8-18-11-19(22-2)9-10-20(14,18)16(18)23-19/h12-14,16H,3-11H2,1-2H3/t12-,13-,14-,16-,17-,18+,19-,20+/m0/s1. The summed E-state index contributed by atoms with van der Waals surface area (Å²) in [4.78, 5) is 12.5. The highest BCUT2D eigenvalue weighted by Crippen LogP contribution is 2.88. The minimum atomic E-state index is -0.244. The SMILES string of the molecule is CO[C@]12CC[C@]34[C@H]5CC[C@]6(C)C(=O)CC[C@H]6[C@@H]5CC[C@@]3(C1)[C@@H]4O2. The zero-order valence-electron chi connectivity index (χ0n) is 14.4. The van der Waals surface area contributed by atoms with E-state index in [0.717, 1.165) is 43.9 Å². The fraction of sp³-hybridized carbons (Fsp3) is 0.950. The molecule has 2 heterocycles. The molecule has 2 spiro atoms. The zero-order chi connectivity index (χ0) is 15.7. The third-order valence-electron chi connectivity index (χ3n) is 9.75. The fourth-order valence-electron chi connectivity index (χ4n) is 8.74. The van der Waals surface area contributed by atoms with Crippen LogP contribution in [0.2, 0.25) is 0 Å². The van der Waals surface area contributed by atoms with Gasteiger partial charge in [0.15, 0.2) is 5.79 Å². The Balaban J connectivity index is 1.38. The van der Waals surface area contributed by atoms with Gasteiger partial charge in [-0.05, 0) is 56.3 Å². The van der Waals surface area contributed by atoms with Crippen LogP contribution in [0.3, 0.4) is 0 Å². The summed E-state index contributed by atoms with van der Waals surface area (Å²) >= 11 is 0. The normalized spacial score (nSPS) is 65.0. The first-order chi connectivity index (χ1) is 11.0. The molecule has 7 fully saturated rings. The molecule has 4 bridgehead atoms. The molecule has 0 aromatic heterocycles. The van der Waals surface area contributed by atoms with Crippen molar-refractivity contribution >= 4 is 5.78 Å². The molecular formula is C20H28O3. The van der Waals surface area contributed by atoms with Crippen molar-refractivity contribution in [1.82, 2.24) is 0 Å². The van der Waals surface area contributed by atoms with E-state index in [0.29, 0.717) is 28.6 Å². The van der Waals surface area contributed by atoms with Gasteiger partial charge in [0.2, 0.25) is 0 Å². The fourth-order valence-corrected chi connectivity index (χ4v) is 8.74. The molecule has 3 heteroatoms. The number of rotatable bonds is 1. The maximum absolute atomic E-state index is 12.5. The number of ether oxygens (including phenoxy) is 2. The van der Waals surface area contributed by atoms with Crippen LogP contribution in [0.4, 0.5) is 0 Å². The number of carbonyl (C=O) groups excluding carboxylic acids is 1. The van der Waals surface area contributed by atoms with Gasteiger partial charge in [0.1, 0.15) is 5.78 Å². The van der Waals surface area contributed by atoms with Gasteiger partial charge in [-0.2, -0.15) is 0 Å². The Morgan fingerprint density at radius 1 is 1.09 bits per heavy atom. The Morgan fingerprint density at radius 2 is 1.96 bits per heavy atom. The van der Waals surface area contributed by atoms with E-state index >= 15 is 0 Å². The van der Waals surface area contributed by atoms with Crippen LogP contribution in [-0.4, -0.2) is 24.8 Å². The van der Waals surface area contributed by atoms with Crippen LogP contribution in [0.25, 0.3) is 0 Å². The minimum Gasteiger partial charge on any atom is -0.353 e. The number of fused-ring (bicyclic) bond motifs is 4. The van der Waals surface area contributed by atoms with Gasteiger partial charge in [-0.25, -0.2) is 0 Å². The lowest BCUT2D eigenvalue weighted by Gasteiger charge is -2.56. The highest BCUT2D eigenvalue weighted by molar-refractivity contribution is 5.87. The quantitative estimate of drug-likeness (QED) is 0.740. The van der Waals surface area contributed by atoms with Crippen LogP contribution in [-0.2, 0) is 14.3 Å². The molecule has 126 valence electrons. The van der Waals surface area contributed by atoms with E-state index in [1.807, 2.05) is 7.11 Å². The van der Waals surface area contributed by atoms with Crippen molar-refractivity contribution in [3.05, 3.63) is 0 Å². The third kappa shape index (κ3) is 1.21. The average Bonchev–Trinajstić information content (AvgIpc) is 2.83. The number of ketones is 1. The summed E-state index contributed by atoms with van der Waals surface area (Å²) in [6.45, 7) is 2.28. The van der Waals surface area contributed by atoms with Gasteiger partial charge in [0.05, 0.1) is 6.10 Å². The maximum Gasteiger partial charge on any atom is 0.169 e. The summed E-state index contributed by atoms with van der Waals surface area (Å²) in [5.74, 6) is 2.59. The number of hydrogen-bond donors (Lipinski definition) is 0. The Kier molecular flexibility index (Phi) is 2.24. The number of carbonyl (C=O) groups is 1. The lowest BCUT2D eigenvalue weighted by molar-refractivity contribution is -0.264. The molecule has 0 aromatic rings. The summed E-state index contributed by atoms with van der Waals surface area (Å²) in [7, 11) is 1.83.